The third kappa shape index (κ3) is 7.13. The number of aryl methyl sites for hydroxylation is 4. The van der Waals surface area contributed by atoms with Gasteiger partial charge in [0, 0.05) is 9.79 Å². The third-order valence-electron chi connectivity index (χ3n) is 4.43. The Labute approximate surface area is 184 Å². The van der Waals surface area contributed by atoms with Crippen molar-refractivity contribution in [2.24, 2.45) is 0 Å². The fourth-order valence-corrected chi connectivity index (χ4v) is 4.04. The molecule has 0 aliphatic carbocycles. The van der Waals surface area contributed by atoms with E-state index in [0.29, 0.717) is 0 Å². The van der Waals surface area contributed by atoms with Crippen LogP contribution in [0.15, 0.2) is 107 Å². The normalized spacial score (nSPS) is 10.1. The molecule has 1 nitrogen and oxygen atoms in total. The Morgan fingerprint density at radius 1 is 0.467 bits per heavy atom. The average molecular weight is 413 g/mol. The summed E-state index contributed by atoms with van der Waals surface area (Å²) >= 11 is 1.82. The molecule has 0 aliphatic heterocycles. The minimum atomic E-state index is 0.889. The number of rotatable bonds is 4. The van der Waals surface area contributed by atoms with E-state index in [9.17, 15) is 0 Å². The lowest BCUT2D eigenvalue weighted by atomic mass is 10.2. The predicted molar refractivity (Wildman–Crippen MR) is 129 cm³/mol. The summed E-state index contributed by atoms with van der Waals surface area (Å²) in [5.41, 5.74) is 5.04. The average Bonchev–Trinajstić information content (AvgIpc) is 2.69. The fraction of sp³-hybridized carbons (Fsp3) is 0.143. The summed E-state index contributed by atoms with van der Waals surface area (Å²) in [5, 5.41) is 0. The van der Waals surface area contributed by atoms with Crippen molar-refractivity contribution in [3.8, 4) is 11.5 Å². The molecule has 0 bridgehead atoms. The Balaban J connectivity index is 0.000000171. The summed E-state index contributed by atoms with van der Waals surface area (Å²) < 4.78 is 5.74. The molecular weight excluding hydrogens is 384 g/mol. The molecule has 4 aromatic carbocycles. The van der Waals surface area contributed by atoms with Gasteiger partial charge in [-0.1, -0.05) is 71.4 Å². The van der Waals surface area contributed by atoms with E-state index in [-0.39, 0.29) is 0 Å². The van der Waals surface area contributed by atoms with Crippen LogP contribution in [-0.2, 0) is 0 Å². The highest BCUT2D eigenvalue weighted by molar-refractivity contribution is 7.99. The third-order valence-corrected chi connectivity index (χ3v) is 5.41. The van der Waals surface area contributed by atoms with Crippen molar-refractivity contribution in [1.82, 2.24) is 0 Å². The van der Waals surface area contributed by atoms with Crippen molar-refractivity contribution in [1.29, 1.82) is 0 Å². The van der Waals surface area contributed by atoms with Crippen molar-refractivity contribution in [2.75, 3.05) is 0 Å². The second-order valence-electron chi connectivity index (χ2n) is 7.47. The zero-order chi connectivity index (χ0) is 21.3. The van der Waals surface area contributed by atoms with Crippen LogP contribution in [-0.4, -0.2) is 0 Å². The quantitative estimate of drug-likeness (QED) is 0.332. The topological polar surface area (TPSA) is 9.23 Å². The number of benzene rings is 4. The van der Waals surface area contributed by atoms with Crippen LogP contribution in [0, 0.1) is 27.7 Å². The second-order valence-corrected chi connectivity index (χ2v) is 8.62. The van der Waals surface area contributed by atoms with Gasteiger partial charge in [-0.05, 0) is 87.4 Å². The van der Waals surface area contributed by atoms with Gasteiger partial charge in [0.05, 0.1) is 0 Å². The molecule has 0 aliphatic rings. The summed E-state index contributed by atoms with van der Waals surface area (Å²) in [6, 6.07) is 33.3. The maximum Gasteiger partial charge on any atom is 0.127 e. The van der Waals surface area contributed by atoms with Gasteiger partial charge < -0.3 is 4.74 Å². The maximum absolute atomic E-state index is 5.74. The van der Waals surface area contributed by atoms with Gasteiger partial charge in [-0.25, -0.2) is 0 Å². The molecule has 4 rings (SSSR count). The van der Waals surface area contributed by atoms with Gasteiger partial charge in [0.1, 0.15) is 11.5 Å². The van der Waals surface area contributed by atoms with Crippen molar-refractivity contribution in [3.05, 3.63) is 119 Å². The second kappa shape index (κ2) is 10.7. The van der Waals surface area contributed by atoms with E-state index >= 15 is 0 Å². The minimum absolute atomic E-state index is 0.889. The van der Waals surface area contributed by atoms with Gasteiger partial charge in [0.25, 0.3) is 0 Å². The first-order chi connectivity index (χ1) is 14.5. The van der Waals surface area contributed by atoms with Crippen LogP contribution in [0.25, 0.3) is 0 Å². The van der Waals surface area contributed by atoms with Crippen LogP contribution < -0.4 is 4.74 Å². The molecule has 0 unspecified atom stereocenters. The zero-order valence-corrected chi connectivity index (χ0v) is 18.9. The van der Waals surface area contributed by atoms with E-state index < -0.39 is 0 Å². The molecule has 0 amide bonds. The summed E-state index contributed by atoms with van der Waals surface area (Å²) in [4.78, 5) is 2.61. The van der Waals surface area contributed by atoms with Crippen LogP contribution in [0.3, 0.4) is 0 Å². The Morgan fingerprint density at radius 3 is 1.20 bits per heavy atom. The number of ether oxygens (including phenoxy) is 1. The van der Waals surface area contributed by atoms with Crippen molar-refractivity contribution >= 4 is 11.8 Å². The molecule has 2 heteroatoms. The van der Waals surface area contributed by atoms with Crippen molar-refractivity contribution in [2.45, 2.75) is 37.5 Å². The standard InChI is InChI=1S/C14H14O.C14H14S/c2*1-11-5-3-7-13(9-11)15-14-8-4-6-12(2)10-14/h2*3-10H,1-2H3. The first-order valence-electron chi connectivity index (χ1n) is 10.1. The molecule has 0 spiro atoms. The molecule has 0 heterocycles. The van der Waals surface area contributed by atoms with E-state index in [1.807, 2.05) is 48.2 Å². The molecular formula is C28H28OS. The summed E-state index contributed by atoms with van der Waals surface area (Å²) in [6.45, 7) is 8.37. The smallest absolute Gasteiger partial charge is 0.127 e. The molecule has 30 heavy (non-hydrogen) atoms. The highest BCUT2D eigenvalue weighted by atomic mass is 32.2. The van der Waals surface area contributed by atoms with Gasteiger partial charge in [0.2, 0.25) is 0 Å². The highest BCUT2D eigenvalue weighted by Crippen LogP contribution is 2.28. The predicted octanol–water partition coefficient (Wildman–Crippen LogP) is 8.55. The molecule has 0 saturated carbocycles. The van der Waals surface area contributed by atoms with Gasteiger partial charge in [-0.3, -0.25) is 0 Å². The molecule has 4 aromatic rings. The lowest BCUT2D eigenvalue weighted by Gasteiger charge is -2.06. The summed E-state index contributed by atoms with van der Waals surface area (Å²) in [7, 11) is 0. The Morgan fingerprint density at radius 2 is 0.833 bits per heavy atom. The van der Waals surface area contributed by atoms with Gasteiger partial charge in [-0.15, -0.1) is 0 Å². The lowest BCUT2D eigenvalue weighted by molar-refractivity contribution is 0.482. The molecule has 152 valence electrons. The molecule has 0 radical (unpaired) electrons. The van der Waals surface area contributed by atoms with E-state index in [2.05, 4.69) is 88.4 Å². The maximum atomic E-state index is 5.74. The van der Waals surface area contributed by atoms with Gasteiger partial charge in [-0.2, -0.15) is 0 Å². The summed E-state index contributed by atoms with van der Waals surface area (Å²) in [6.07, 6.45) is 0. The van der Waals surface area contributed by atoms with Crippen LogP contribution >= 0.6 is 11.8 Å². The SMILES string of the molecule is Cc1cccc(Oc2cccc(C)c2)c1.Cc1cccc(Sc2cccc(C)c2)c1. The highest BCUT2D eigenvalue weighted by Gasteiger charge is 1.98. The van der Waals surface area contributed by atoms with E-state index in [0.717, 1.165) is 11.5 Å². The van der Waals surface area contributed by atoms with Crippen LogP contribution in [0.5, 0.6) is 11.5 Å². The minimum Gasteiger partial charge on any atom is -0.457 e. The Kier molecular flexibility index (Phi) is 7.75. The number of hydrogen-bond donors (Lipinski definition) is 0. The monoisotopic (exact) mass is 412 g/mol. The van der Waals surface area contributed by atoms with E-state index in [1.165, 1.54) is 32.0 Å². The fourth-order valence-electron chi connectivity index (χ4n) is 2.99. The van der Waals surface area contributed by atoms with Crippen LogP contribution in [0.4, 0.5) is 0 Å². The zero-order valence-electron chi connectivity index (χ0n) is 18.1. The van der Waals surface area contributed by atoms with E-state index in [1.54, 1.807) is 0 Å². The summed E-state index contributed by atoms with van der Waals surface area (Å²) in [5.74, 6) is 1.78. The van der Waals surface area contributed by atoms with Crippen LogP contribution in [0.2, 0.25) is 0 Å². The molecule has 0 fully saturated rings. The molecule has 0 saturated heterocycles. The van der Waals surface area contributed by atoms with Crippen molar-refractivity contribution < 1.29 is 4.74 Å². The lowest BCUT2D eigenvalue weighted by Crippen LogP contribution is -1.84. The van der Waals surface area contributed by atoms with Gasteiger partial charge in [0.15, 0.2) is 0 Å². The first-order valence-corrected chi connectivity index (χ1v) is 10.9. The number of hydrogen-bond acceptors (Lipinski definition) is 2. The van der Waals surface area contributed by atoms with E-state index in [4.69, 9.17) is 4.74 Å². The van der Waals surface area contributed by atoms with Gasteiger partial charge >= 0.3 is 0 Å². The molecule has 0 aromatic heterocycles. The Bertz CT molecular complexity index is 925. The Hall–Kier alpha value is -2.97. The largest absolute Gasteiger partial charge is 0.457 e. The molecule has 0 atom stereocenters. The molecule has 0 N–H and O–H groups in total. The van der Waals surface area contributed by atoms with Crippen molar-refractivity contribution in [3.63, 3.8) is 0 Å². The van der Waals surface area contributed by atoms with Crippen LogP contribution in [0.1, 0.15) is 22.3 Å². The first kappa shape index (κ1) is 21.7.